The van der Waals surface area contributed by atoms with E-state index in [4.69, 9.17) is 4.74 Å². The second-order valence-corrected chi connectivity index (χ2v) is 7.93. The minimum atomic E-state index is 0.0698. The molecule has 5 nitrogen and oxygen atoms in total. The highest BCUT2D eigenvalue weighted by Crippen LogP contribution is 2.51. The molecule has 1 atom stereocenters. The van der Waals surface area contributed by atoms with Crippen LogP contribution in [0.1, 0.15) is 36.5 Å². The summed E-state index contributed by atoms with van der Waals surface area (Å²) in [5, 5.41) is 0. The summed E-state index contributed by atoms with van der Waals surface area (Å²) in [6.45, 7) is 2.42. The molecule has 1 aliphatic carbocycles. The number of fused-ring (bicyclic) bond motifs is 2. The van der Waals surface area contributed by atoms with E-state index in [1.165, 1.54) is 11.1 Å². The number of hydrogen-bond donors (Lipinski definition) is 0. The minimum Gasteiger partial charge on any atom is -0.484 e. The Kier molecular flexibility index (Phi) is 4.87. The fraction of sp³-hybridized carbons (Fsp3) is 0.455. The number of ether oxygens (including phenoxy) is 1. The van der Waals surface area contributed by atoms with Crippen molar-refractivity contribution in [2.45, 2.75) is 30.8 Å². The lowest BCUT2D eigenvalue weighted by atomic mass is 9.73. The molecular weight excluding hydrogens is 338 g/mol. The highest BCUT2D eigenvalue weighted by atomic mass is 16.5. The quantitative estimate of drug-likeness (QED) is 0.836. The molecule has 1 saturated heterocycles. The monoisotopic (exact) mass is 365 g/mol. The lowest BCUT2D eigenvalue weighted by Gasteiger charge is -2.40. The Morgan fingerprint density at radius 1 is 1.22 bits per heavy atom. The number of rotatable bonds is 4. The molecule has 0 N–H and O–H groups in total. The zero-order valence-corrected chi connectivity index (χ0v) is 16.1. The Morgan fingerprint density at radius 2 is 2.00 bits per heavy atom. The van der Waals surface area contributed by atoms with Gasteiger partial charge in [0.25, 0.3) is 0 Å². The number of aromatic nitrogens is 1. The number of nitrogens with zero attached hydrogens (tertiary/aromatic N) is 3. The van der Waals surface area contributed by atoms with Crippen molar-refractivity contribution in [1.29, 1.82) is 0 Å². The Hall–Kier alpha value is -2.40. The first-order chi connectivity index (χ1) is 13.1. The van der Waals surface area contributed by atoms with Gasteiger partial charge in [0.1, 0.15) is 11.9 Å². The Balaban J connectivity index is 1.50. The number of piperidine rings is 1. The Bertz CT molecular complexity index is 798. The van der Waals surface area contributed by atoms with Crippen molar-refractivity contribution in [3.63, 3.8) is 0 Å². The molecular formula is C22H27N3O2. The fourth-order valence-corrected chi connectivity index (χ4v) is 4.47. The van der Waals surface area contributed by atoms with E-state index < -0.39 is 0 Å². The predicted molar refractivity (Wildman–Crippen MR) is 105 cm³/mol. The average molecular weight is 365 g/mol. The van der Waals surface area contributed by atoms with Crippen LogP contribution < -0.4 is 4.74 Å². The van der Waals surface area contributed by atoms with E-state index >= 15 is 0 Å². The van der Waals surface area contributed by atoms with E-state index in [9.17, 15) is 4.79 Å². The second-order valence-electron chi connectivity index (χ2n) is 7.93. The third-order valence-corrected chi connectivity index (χ3v) is 6.04. The number of likely N-dealkylation sites (tertiary alicyclic amines) is 1. The summed E-state index contributed by atoms with van der Waals surface area (Å²) in [5.41, 5.74) is 2.89. The summed E-state index contributed by atoms with van der Waals surface area (Å²) in [7, 11) is 3.64. The lowest BCUT2D eigenvalue weighted by Crippen LogP contribution is -2.45. The van der Waals surface area contributed by atoms with Crippen LogP contribution in [-0.4, -0.2) is 54.4 Å². The van der Waals surface area contributed by atoms with E-state index in [0.29, 0.717) is 6.54 Å². The molecule has 1 spiro atoms. The molecule has 27 heavy (non-hydrogen) atoms. The molecule has 0 bridgehead atoms. The fourth-order valence-electron chi connectivity index (χ4n) is 4.47. The Morgan fingerprint density at radius 3 is 2.70 bits per heavy atom. The molecule has 1 aromatic carbocycles. The molecule has 1 unspecified atom stereocenters. The summed E-state index contributed by atoms with van der Waals surface area (Å²) in [5.74, 6) is 0.999. The first-order valence-corrected chi connectivity index (χ1v) is 9.66. The largest absolute Gasteiger partial charge is 0.484 e. The van der Waals surface area contributed by atoms with Gasteiger partial charge >= 0.3 is 0 Å². The van der Waals surface area contributed by atoms with Crippen LogP contribution in [0.3, 0.4) is 0 Å². The molecule has 1 aliphatic heterocycles. The number of benzene rings is 1. The van der Waals surface area contributed by atoms with Gasteiger partial charge in [-0.1, -0.05) is 24.3 Å². The maximum Gasteiger partial charge on any atom is 0.236 e. The highest BCUT2D eigenvalue weighted by Gasteiger charge is 2.46. The van der Waals surface area contributed by atoms with Crippen LogP contribution in [0.15, 0.2) is 48.8 Å². The molecule has 142 valence electrons. The van der Waals surface area contributed by atoms with Gasteiger partial charge in [-0.2, -0.15) is 0 Å². The van der Waals surface area contributed by atoms with Crippen molar-refractivity contribution < 1.29 is 9.53 Å². The van der Waals surface area contributed by atoms with Crippen molar-refractivity contribution in [1.82, 2.24) is 14.8 Å². The molecule has 2 aliphatic rings. The SMILES string of the molecule is CN(C)C(=O)CN1CCC2(CC1)CC(Oc1cccnc1)c1ccccc12. The molecule has 1 fully saturated rings. The van der Waals surface area contributed by atoms with Gasteiger partial charge in [-0.15, -0.1) is 0 Å². The molecule has 1 aromatic heterocycles. The predicted octanol–water partition coefficient (Wildman–Crippen LogP) is 3.03. The first kappa shape index (κ1) is 18.0. The number of amides is 1. The molecule has 0 radical (unpaired) electrons. The second kappa shape index (κ2) is 7.31. The summed E-state index contributed by atoms with van der Waals surface area (Å²) in [6.07, 6.45) is 6.75. The van der Waals surface area contributed by atoms with Crippen LogP contribution in [0.2, 0.25) is 0 Å². The maximum atomic E-state index is 12.0. The zero-order chi connectivity index (χ0) is 18.9. The van der Waals surface area contributed by atoms with Gasteiger partial charge in [0.2, 0.25) is 5.91 Å². The minimum absolute atomic E-state index is 0.0698. The van der Waals surface area contributed by atoms with Gasteiger partial charge in [-0.05, 0) is 55.6 Å². The van der Waals surface area contributed by atoms with Crippen molar-refractivity contribution in [2.75, 3.05) is 33.7 Å². The van der Waals surface area contributed by atoms with Crippen LogP contribution >= 0.6 is 0 Å². The van der Waals surface area contributed by atoms with Crippen molar-refractivity contribution in [3.05, 3.63) is 59.9 Å². The number of carbonyl (C=O) groups is 1. The van der Waals surface area contributed by atoms with E-state index in [0.717, 1.165) is 38.1 Å². The van der Waals surface area contributed by atoms with Crippen molar-refractivity contribution in [2.24, 2.45) is 0 Å². The molecule has 2 aromatic rings. The van der Waals surface area contributed by atoms with Crippen LogP contribution in [-0.2, 0) is 10.2 Å². The van der Waals surface area contributed by atoms with Gasteiger partial charge < -0.3 is 9.64 Å². The smallest absolute Gasteiger partial charge is 0.236 e. The molecule has 4 rings (SSSR count). The molecule has 0 saturated carbocycles. The van der Waals surface area contributed by atoms with Crippen LogP contribution in [0.25, 0.3) is 0 Å². The van der Waals surface area contributed by atoms with Crippen LogP contribution in [0.4, 0.5) is 0 Å². The van der Waals surface area contributed by atoms with Crippen LogP contribution in [0, 0.1) is 0 Å². The van der Waals surface area contributed by atoms with E-state index in [1.54, 1.807) is 17.3 Å². The van der Waals surface area contributed by atoms with Gasteiger partial charge in [0, 0.05) is 25.7 Å². The number of likely N-dealkylation sites (N-methyl/N-ethyl adjacent to an activating group) is 1. The lowest BCUT2D eigenvalue weighted by molar-refractivity contribution is -0.130. The summed E-state index contributed by atoms with van der Waals surface area (Å²) < 4.78 is 6.32. The van der Waals surface area contributed by atoms with E-state index in [2.05, 4.69) is 34.1 Å². The van der Waals surface area contributed by atoms with Gasteiger partial charge in [-0.25, -0.2) is 0 Å². The topological polar surface area (TPSA) is 45.7 Å². The molecule has 5 heteroatoms. The Labute approximate surface area is 161 Å². The standard InChI is InChI=1S/C22H27N3O2/c1-24(2)21(26)16-25-12-9-22(10-13-25)14-20(18-7-3-4-8-19(18)22)27-17-6-5-11-23-15-17/h3-8,11,15,20H,9-10,12-14,16H2,1-2H3. The highest BCUT2D eigenvalue weighted by molar-refractivity contribution is 5.77. The normalized spacial score (nSPS) is 21.0. The molecule has 1 amide bonds. The molecule has 2 heterocycles. The van der Waals surface area contributed by atoms with Crippen LogP contribution in [0.5, 0.6) is 5.75 Å². The van der Waals surface area contributed by atoms with E-state index in [-0.39, 0.29) is 17.4 Å². The van der Waals surface area contributed by atoms with Gasteiger partial charge in [0.05, 0.1) is 12.7 Å². The number of carbonyl (C=O) groups excluding carboxylic acids is 1. The van der Waals surface area contributed by atoms with Gasteiger partial charge in [0.15, 0.2) is 0 Å². The zero-order valence-electron chi connectivity index (χ0n) is 16.1. The summed E-state index contributed by atoms with van der Waals surface area (Å²) in [6, 6.07) is 12.6. The van der Waals surface area contributed by atoms with E-state index in [1.807, 2.05) is 26.2 Å². The van der Waals surface area contributed by atoms with Crippen molar-refractivity contribution in [3.8, 4) is 5.75 Å². The maximum absolute atomic E-state index is 12.0. The third kappa shape index (κ3) is 3.56. The summed E-state index contributed by atoms with van der Waals surface area (Å²) >= 11 is 0. The number of hydrogen-bond acceptors (Lipinski definition) is 4. The first-order valence-electron chi connectivity index (χ1n) is 9.66. The van der Waals surface area contributed by atoms with Crippen molar-refractivity contribution >= 4 is 5.91 Å². The average Bonchev–Trinajstić information content (AvgIpc) is 2.98. The van der Waals surface area contributed by atoms with Gasteiger partial charge in [-0.3, -0.25) is 14.7 Å². The number of pyridine rings is 1. The summed E-state index contributed by atoms with van der Waals surface area (Å²) in [4.78, 5) is 20.2. The third-order valence-electron chi connectivity index (χ3n) is 6.04.